The molecule has 2 aliphatic heterocycles. The lowest BCUT2D eigenvalue weighted by atomic mass is 9.79. The lowest BCUT2D eigenvalue weighted by Crippen LogP contribution is -2.53. The normalized spacial score (nSPS) is 26.1. The molecule has 1 aromatic heterocycles. The number of hydrogen-bond acceptors (Lipinski definition) is 5. The van der Waals surface area contributed by atoms with E-state index in [0.29, 0.717) is 23.1 Å². The molecule has 1 atom stereocenters. The summed E-state index contributed by atoms with van der Waals surface area (Å²) in [6.45, 7) is 13.1. The van der Waals surface area contributed by atoms with Crippen LogP contribution >= 0.6 is 0 Å². The zero-order valence-electron chi connectivity index (χ0n) is 15.3. The molecule has 0 N–H and O–H groups in total. The van der Waals surface area contributed by atoms with Crippen molar-refractivity contribution in [1.29, 1.82) is 0 Å². The van der Waals surface area contributed by atoms with E-state index >= 15 is 0 Å². The molecule has 3 rings (SSSR count). The molecular formula is C18H29N3O3. The van der Waals surface area contributed by atoms with Crippen LogP contribution in [0.5, 0.6) is 0 Å². The molecule has 2 saturated heterocycles. The van der Waals surface area contributed by atoms with Crippen LogP contribution in [0.4, 0.5) is 0 Å². The minimum absolute atomic E-state index is 0.0354. The van der Waals surface area contributed by atoms with Gasteiger partial charge in [-0.3, -0.25) is 9.69 Å². The number of rotatable bonds is 2. The molecule has 3 heterocycles. The molecular weight excluding hydrogens is 306 g/mol. The Morgan fingerprint density at radius 2 is 2.04 bits per heavy atom. The highest BCUT2D eigenvalue weighted by Gasteiger charge is 2.41. The highest BCUT2D eigenvalue weighted by atomic mass is 16.5. The maximum absolute atomic E-state index is 13.0. The second kappa shape index (κ2) is 6.84. The van der Waals surface area contributed by atoms with Crippen molar-refractivity contribution in [3.63, 3.8) is 0 Å². The van der Waals surface area contributed by atoms with Gasteiger partial charge in [0, 0.05) is 37.6 Å². The molecule has 1 aromatic rings. The van der Waals surface area contributed by atoms with E-state index in [9.17, 15) is 4.79 Å². The highest BCUT2D eigenvalue weighted by Crippen LogP contribution is 2.34. The quantitative estimate of drug-likeness (QED) is 0.830. The summed E-state index contributed by atoms with van der Waals surface area (Å²) >= 11 is 0. The number of likely N-dealkylation sites (tertiary alicyclic amines) is 1. The van der Waals surface area contributed by atoms with E-state index in [4.69, 9.17) is 9.26 Å². The van der Waals surface area contributed by atoms with E-state index in [2.05, 4.69) is 23.9 Å². The van der Waals surface area contributed by atoms with Gasteiger partial charge in [0.2, 0.25) is 0 Å². The number of carbonyl (C=O) groups is 1. The summed E-state index contributed by atoms with van der Waals surface area (Å²) in [4.78, 5) is 17.5. The first-order valence-electron chi connectivity index (χ1n) is 8.96. The molecule has 6 heteroatoms. The summed E-state index contributed by atoms with van der Waals surface area (Å²) in [6, 6.07) is 0.497. The summed E-state index contributed by atoms with van der Waals surface area (Å²) in [5, 5.41) is 3.93. The van der Waals surface area contributed by atoms with Crippen LogP contribution in [0.25, 0.3) is 0 Å². The number of ether oxygens (including phenoxy) is 1. The van der Waals surface area contributed by atoms with E-state index in [1.54, 1.807) is 0 Å². The van der Waals surface area contributed by atoms with Crippen molar-refractivity contribution < 1.29 is 14.1 Å². The summed E-state index contributed by atoms with van der Waals surface area (Å²) in [6.07, 6.45) is 2.13. The molecule has 2 fully saturated rings. The van der Waals surface area contributed by atoms with Crippen molar-refractivity contribution in [3.05, 3.63) is 17.0 Å². The van der Waals surface area contributed by atoms with Gasteiger partial charge in [-0.25, -0.2) is 0 Å². The topological polar surface area (TPSA) is 58.8 Å². The number of piperidine rings is 1. The first-order chi connectivity index (χ1) is 11.4. The first-order valence-corrected chi connectivity index (χ1v) is 8.96. The van der Waals surface area contributed by atoms with E-state index in [-0.39, 0.29) is 11.3 Å². The Kier molecular flexibility index (Phi) is 4.97. The molecule has 24 heavy (non-hydrogen) atoms. The van der Waals surface area contributed by atoms with Crippen molar-refractivity contribution in [2.45, 2.75) is 46.6 Å². The third kappa shape index (κ3) is 3.35. The summed E-state index contributed by atoms with van der Waals surface area (Å²) in [5.74, 6) is 0.656. The SMILES string of the molecule is Cc1noc(C)c1C(=O)N1CCCC2(COCCN(C(C)C)C2)C1. The lowest BCUT2D eigenvalue weighted by molar-refractivity contribution is 0.00564. The summed E-state index contributed by atoms with van der Waals surface area (Å²) in [7, 11) is 0. The third-order valence-corrected chi connectivity index (χ3v) is 5.40. The molecule has 1 spiro atoms. The van der Waals surface area contributed by atoms with Gasteiger partial charge in [0.25, 0.3) is 5.91 Å². The second-order valence-electron chi connectivity index (χ2n) is 7.65. The van der Waals surface area contributed by atoms with Crippen LogP contribution in [0.2, 0.25) is 0 Å². The monoisotopic (exact) mass is 335 g/mol. The van der Waals surface area contributed by atoms with E-state index in [1.807, 2.05) is 18.7 Å². The number of aryl methyl sites for hydroxylation is 2. The number of amides is 1. The molecule has 1 amide bonds. The number of carbonyl (C=O) groups excluding carboxylic acids is 1. The average Bonchev–Trinajstić information content (AvgIpc) is 2.76. The van der Waals surface area contributed by atoms with Crippen LogP contribution in [0.3, 0.4) is 0 Å². The van der Waals surface area contributed by atoms with E-state index in [0.717, 1.165) is 52.2 Å². The predicted octanol–water partition coefficient (Wildman–Crippen LogP) is 2.25. The van der Waals surface area contributed by atoms with E-state index < -0.39 is 0 Å². The molecule has 2 aliphatic rings. The van der Waals surface area contributed by atoms with Gasteiger partial charge >= 0.3 is 0 Å². The Labute approximate surface area is 144 Å². The number of hydrogen-bond donors (Lipinski definition) is 0. The van der Waals surface area contributed by atoms with Crippen molar-refractivity contribution in [3.8, 4) is 0 Å². The summed E-state index contributed by atoms with van der Waals surface area (Å²) < 4.78 is 11.1. The lowest BCUT2D eigenvalue weighted by Gasteiger charge is -2.44. The Balaban J connectivity index is 1.79. The molecule has 0 saturated carbocycles. The Morgan fingerprint density at radius 1 is 1.25 bits per heavy atom. The van der Waals surface area contributed by atoms with Crippen LogP contribution in [-0.2, 0) is 4.74 Å². The molecule has 0 aliphatic carbocycles. The second-order valence-corrected chi connectivity index (χ2v) is 7.65. The number of aromatic nitrogens is 1. The van der Waals surface area contributed by atoms with Gasteiger partial charge in [0.1, 0.15) is 11.3 Å². The third-order valence-electron chi connectivity index (χ3n) is 5.40. The van der Waals surface area contributed by atoms with Gasteiger partial charge in [0.15, 0.2) is 0 Å². The fourth-order valence-electron chi connectivity index (χ4n) is 4.04. The fraction of sp³-hybridized carbons (Fsp3) is 0.778. The van der Waals surface area contributed by atoms with Gasteiger partial charge in [-0.2, -0.15) is 0 Å². The summed E-state index contributed by atoms with van der Waals surface area (Å²) in [5.41, 5.74) is 1.34. The average molecular weight is 335 g/mol. The maximum atomic E-state index is 13.0. The smallest absolute Gasteiger partial charge is 0.259 e. The minimum atomic E-state index is 0.0354. The van der Waals surface area contributed by atoms with Gasteiger partial charge in [-0.1, -0.05) is 5.16 Å². The largest absolute Gasteiger partial charge is 0.379 e. The fourth-order valence-corrected chi connectivity index (χ4v) is 4.04. The van der Waals surface area contributed by atoms with Crippen molar-refractivity contribution in [1.82, 2.24) is 15.0 Å². The van der Waals surface area contributed by atoms with Gasteiger partial charge in [-0.05, 0) is 40.5 Å². The molecule has 0 bridgehead atoms. The van der Waals surface area contributed by atoms with Gasteiger partial charge in [0.05, 0.1) is 18.9 Å². The highest BCUT2D eigenvalue weighted by molar-refractivity contribution is 5.96. The van der Waals surface area contributed by atoms with Gasteiger partial charge < -0.3 is 14.2 Å². The van der Waals surface area contributed by atoms with E-state index in [1.165, 1.54) is 0 Å². The molecule has 1 unspecified atom stereocenters. The Hall–Kier alpha value is -1.40. The zero-order chi connectivity index (χ0) is 17.3. The standard InChI is InChI=1S/C18H29N3O3/c1-13(2)20-8-9-23-12-18(10-20)6-5-7-21(11-18)17(22)16-14(3)19-24-15(16)4/h13H,5-12H2,1-4H3. The van der Waals surface area contributed by atoms with Crippen molar-refractivity contribution >= 4 is 5.91 Å². The molecule has 0 radical (unpaired) electrons. The Bertz CT molecular complexity index is 579. The van der Waals surface area contributed by atoms with Crippen molar-refractivity contribution in [2.75, 3.05) is 39.4 Å². The minimum Gasteiger partial charge on any atom is -0.379 e. The zero-order valence-corrected chi connectivity index (χ0v) is 15.3. The molecule has 134 valence electrons. The maximum Gasteiger partial charge on any atom is 0.259 e. The van der Waals surface area contributed by atoms with Crippen LogP contribution in [-0.4, -0.2) is 66.3 Å². The van der Waals surface area contributed by atoms with Crippen LogP contribution in [0, 0.1) is 19.3 Å². The molecule has 0 aromatic carbocycles. The Morgan fingerprint density at radius 3 is 2.71 bits per heavy atom. The number of nitrogens with zero attached hydrogens (tertiary/aromatic N) is 3. The van der Waals surface area contributed by atoms with Gasteiger partial charge in [-0.15, -0.1) is 0 Å². The van der Waals surface area contributed by atoms with Crippen LogP contribution < -0.4 is 0 Å². The van der Waals surface area contributed by atoms with Crippen LogP contribution in [0.15, 0.2) is 4.52 Å². The molecule has 6 nitrogen and oxygen atoms in total. The first kappa shape index (κ1) is 17.4. The van der Waals surface area contributed by atoms with Crippen molar-refractivity contribution in [2.24, 2.45) is 5.41 Å². The van der Waals surface area contributed by atoms with Crippen LogP contribution in [0.1, 0.15) is 48.5 Å². The predicted molar refractivity (Wildman–Crippen MR) is 91.1 cm³/mol.